The molecule has 0 aliphatic rings. The molecule has 2 N–H and O–H groups in total. The number of aryl methyl sites for hydroxylation is 1. The van der Waals surface area contributed by atoms with E-state index in [4.69, 9.17) is 5.11 Å². The third-order valence-electron chi connectivity index (χ3n) is 2.70. The van der Waals surface area contributed by atoms with Gasteiger partial charge in [0.15, 0.2) is 0 Å². The number of rotatable bonds is 5. The van der Waals surface area contributed by atoms with Gasteiger partial charge in [0.25, 0.3) is 10.0 Å². The lowest BCUT2D eigenvalue weighted by Crippen LogP contribution is -2.16. The number of benzene rings is 1. The Labute approximate surface area is 131 Å². The van der Waals surface area contributed by atoms with Crippen molar-refractivity contribution in [1.82, 2.24) is 0 Å². The molecule has 0 aliphatic carbocycles. The van der Waals surface area contributed by atoms with E-state index in [1.165, 1.54) is 17.1 Å². The van der Waals surface area contributed by atoms with E-state index in [0.29, 0.717) is 11.3 Å². The molecule has 0 radical (unpaired) electrons. The molecule has 112 valence electrons. The molecular weight excluding hydrogens is 330 g/mol. The molecule has 0 spiro atoms. The van der Waals surface area contributed by atoms with E-state index in [0.717, 1.165) is 16.2 Å². The number of hydrogen-bond donors (Lipinski definition) is 2. The Morgan fingerprint density at radius 1 is 1.38 bits per heavy atom. The van der Waals surface area contributed by atoms with Crippen molar-refractivity contribution < 1.29 is 18.3 Å². The maximum atomic E-state index is 12.4. The molecule has 0 unspecified atom stereocenters. The first-order valence-corrected chi connectivity index (χ1v) is 9.42. The first-order chi connectivity index (χ1) is 9.85. The second-order valence-electron chi connectivity index (χ2n) is 4.22. The monoisotopic (exact) mass is 343 g/mol. The maximum Gasteiger partial charge on any atom is 0.347 e. The van der Waals surface area contributed by atoms with Crippen molar-refractivity contribution in [2.24, 2.45) is 0 Å². The Hall–Kier alpha value is -1.51. The van der Waals surface area contributed by atoms with Gasteiger partial charge in [0.05, 0.1) is 0 Å². The van der Waals surface area contributed by atoms with E-state index in [1.807, 2.05) is 12.3 Å². The van der Waals surface area contributed by atoms with Gasteiger partial charge in [-0.2, -0.15) is 0 Å². The van der Waals surface area contributed by atoms with Crippen LogP contribution in [0.25, 0.3) is 0 Å². The summed E-state index contributed by atoms with van der Waals surface area (Å²) in [4.78, 5) is 11.7. The minimum atomic E-state index is -3.93. The van der Waals surface area contributed by atoms with Crippen LogP contribution in [-0.4, -0.2) is 25.7 Å². The molecule has 0 atom stereocenters. The third kappa shape index (κ3) is 3.39. The van der Waals surface area contributed by atoms with Crippen molar-refractivity contribution in [3.63, 3.8) is 0 Å². The fourth-order valence-electron chi connectivity index (χ4n) is 1.81. The minimum absolute atomic E-state index is 0.172. The van der Waals surface area contributed by atoms with Crippen LogP contribution in [0.5, 0.6) is 0 Å². The highest BCUT2D eigenvalue weighted by molar-refractivity contribution is 7.98. The summed E-state index contributed by atoms with van der Waals surface area (Å²) >= 11 is 2.40. The van der Waals surface area contributed by atoms with Gasteiger partial charge in [-0.3, -0.25) is 4.72 Å². The molecule has 0 amide bonds. The molecule has 1 aromatic carbocycles. The Morgan fingerprint density at radius 2 is 2.10 bits per heavy atom. The van der Waals surface area contributed by atoms with Gasteiger partial charge < -0.3 is 5.11 Å². The van der Waals surface area contributed by atoms with Gasteiger partial charge >= 0.3 is 5.97 Å². The largest absolute Gasteiger partial charge is 0.477 e. The van der Waals surface area contributed by atoms with Crippen molar-refractivity contribution in [3.05, 3.63) is 40.1 Å². The second kappa shape index (κ2) is 6.08. The van der Waals surface area contributed by atoms with Gasteiger partial charge in [0.1, 0.15) is 9.77 Å². The minimum Gasteiger partial charge on any atom is -0.477 e. The van der Waals surface area contributed by atoms with E-state index >= 15 is 0 Å². The van der Waals surface area contributed by atoms with Crippen LogP contribution >= 0.6 is 23.1 Å². The number of anilines is 1. The Bertz CT molecular complexity index is 780. The fraction of sp³-hybridized carbons (Fsp3) is 0.154. The third-order valence-corrected chi connectivity index (χ3v) is 6.21. The van der Waals surface area contributed by atoms with E-state index in [2.05, 4.69) is 4.72 Å². The number of carboxylic acid groups (broad SMARTS) is 1. The standard InChI is InChI=1S/C13H13NO4S3/c1-8-7-20-11(13(15)16)12(8)21(17,18)14-9-4-3-5-10(6-9)19-2/h3-7,14H,1-2H3,(H,15,16). The van der Waals surface area contributed by atoms with Gasteiger partial charge in [-0.25, -0.2) is 13.2 Å². The zero-order valence-electron chi connectivity index (χ0n) is 11.3. The predicted molar refractivity (Wildman–Crippen MR) is 85.0 cm³/mol. The molecule has 0 aliphatic heterocycles. The lowest BCUT2D eigenvalue weighted by Gasteiger charge is -2.09. The molecule has 0 saturated carbocycles. The normalized spacial score (nSPS) is 11.3. The molecule has 1 heterocycles. The summed E-state index contributed by atoms with van der Waals surface area (Å²) in [6.07, 6.45) is 1.89. The molecule has 1 aromatic heterocycles. The Morgan fingerprint density at radius 3 is 2.71 bits per heavy atom. The summed E-state index contributed by atoms with van der Waals surface area (Å²) in [6.45, 7) is 1.58. The van der Waals surface area contributed by atoms with Gasteiger partial charge in [0.2, 0.25) is 0 Å². The molecule has 0 saturated heterocycles. The van der Waals surface area contributed by atoms with Gasteiger partial charge in [-0.1, -0.05) is 6.07 Å². The first kappa shape index (κ1) is 15.9. The first-order valence-electron chi connectivity index (χ1n) is 5.83. The number of aromatic carboxylic acids is 1. The average Bonchev–Trinajstić information content (AvgIpc) is 2.81. The zero-order chi connectivity index (χ0) is 15.6. The molecule has 21 heavy (non-hydrogen) atoms. The van der Waals surface area contributed by atoms with E-state index < -0.39 is 16.0 Å². The van der Waals surface area contributed by atoms with Crippen LogP contribution in [0.2, 0.25) is 0 Å². The van der Waals surface area contributed by atoms with Crippen LogP contribution in [0, 0.1) is 6.92 Å². The second-order valence-corrected chi connectivity index (χ2v) is 7.60. The van der Waals surface area contributed by atoms with E-state index in [1.54, 1.807) is 25.1 Å². The summed E-state index contributed by atoms with van der Waals surface area (Å²) in [6, 6.07) is 6.92. The van der Waals surface area contributed by atoms with E-state index in [-0.39, 0.29) is 9.77 Å². The van der Waals surface area contributed by atoms with Crippen LogP contribution in [-0.2, 0) is 10.0 Å². The van der Waals surface area contributed by atoms with E-state index in [9.17, 15) is 13.2 Å². The van der Waals surface area contributed by atoms with Gasteiger partial charge in [0, 0.05) is 10.6 Å². The smallest absolute Gasteiger partial charge is 0.347 e. The summed E-state index contributed by atoms with van der Waals surface area (Å²) in [5.74, 6) is -1.24. The zero-order valence-corrected chi connectivity index (χ0v) is 13.7. The Balaban J connectivity index is 2.43. The number of carbonyl (C=O) groups is 1. The summed E-state index contributed by atoms with van der Waals surface area (Å²) in [5, 5.41) is 10.6. The highest BCUT2D eigenvalue weighted by Gasteiger charge is 2.26. The van der Waals surface area contributed by atoms with Crippen molar-refractivity contribution in [1.29, 1.82) is 0 Å². The Kier molecular flexibility index (Phi) is 4.60. The van der Waals surface area contributed by atoms with Gasteiger partial charge in [-0.05, 0) is 42.3 Å². The molecule has 8 heteroatoms. The fourth-order valence-corrected chi connectivity index (χ4v) is 4.95. The maximum absolute atomic E-state index is 12.4. The predicted octanol–water partition coefficient (Wildman–Crippen LogP) is 3.28. The van der Waals surface area contributed by atoms with Crippen LogP contribution in [0.1, 0.15) is 15.2 Å². The highest BCUT2D eigenvalue weighted by Crippen LogP contribution is 2.29. The number of hydrogen-bond acceptors (Lipinski definition) is 5. The summed E-state index contributed by atoms with van der Waals surface area (Å²) in [5.41, 5.74) is 0.828. The number of nitrogens with one attached hydrogen (secondary N) is 1. The quantitative estimate of drug-likeness (QED) is 0.814. The molecule has 5 nitrogen and oxygen atoms in total. The summed E-state index contributed by atoms with van der Waals surface area (Å²) < 4.78 is 27.3. The van der Waals surface area contributed by atoms with Crippen molar-refractivity contribution in [2.75, 3.05) is 11.0 Å². The molecule has 2 rings (SSSR count). The number of sulfonamides is 1. The topological polar surface area (TPSA) is 83.5 Å². The van der Waals surface area contributed by atoms with Crippen molar-refractivity contribution in [3.8, 4) is 0 Å². The SMILES string of the molecule is CSc1cccc(NS(=O)(=O)c2c(C)csc2C(=O)O)c1. The lowest BCUT2D eigenvalue weighted by atomic mass is 10.3. The van der Waals surface area contributed by atoms with Crippen LogP contribution in [0.4, 0.5) is 5.69 Å². The molecule has 2 aromatic rings. The number of carboxylic acids is 1. The number of thioether (sulfide) groups is 1. The highest BCUT2D eigenvalue weighted by atomic mass is 32.2. The van der Waals surface area contributed by atoms with Crippen LogP contribution < -0.4 is 4.72 Å². The molecular formula is C13H13NO4S3. The molecule has 0 bridgehead atoms. The molecule has 0 fully saturated rings. The summed E-state index contributed by atoms with van der Waals surface area (Å²) in [7, 11) is -3.93. The average molecular weight is 343 g/mol. The van der Waals surface area contributed by atoms with Gasteiger partial charge in [-0.15, -0.1) is 23.1 Å². The lowest BCUT2D eigenvalue weighted by molar-refractivity contribution is 0.0698. The van der Waals surface area contributed by atoms with Crippen LogP contribution in [0.3, 0.4) is 0 Å². The van der Waals surface area contributed by atoms with Crippen molar-refractivity contribution >= 4 is 44.8 Å². The number of thiophene rings is 1. The van der Waals surface area contributed by atoms with Crippen LogP contribution in [0.15, 0.2) is 39.4 Å². The van der Waals surface area contributed by atoms with Crippen molar-refractivity contribution in [2.45, 2.75) is 16.7 Å².